The highest BCUT2D eigenvalue weighted by Crippen LogP contribution is 2.34. The first-order valence-electron chi connectivity index (χ1n) is 9.20. The fourth-order valence-electron chi connectivity index (χ4n) is 3.85. The van der Waals surface area contributed by atoms with Gasteiger partial charge in [-0.1, -0.05) is 18.2 Å². The average molecular weight is 387 g/mol. The number of benzene rings is 1. The van der Waals surface area contributed by atoms with Gasteiger partial charge in [0.05, 0.1) is 10.4 Å². The van der Waals surface area contributed by atoms with Crippen molar-refractivity contribution < 1.29 is 13.9 Å². The number of carbonyl (C=O) groups excluding carboxylic acids is 1. The molecule has 0 saturated carbocycles. The Labute approximate surface area is 161 Å². The predicted molar refractivity (Wildman–Crippen MR) is 105 cm³/mol. The molecule has 2 aromatic rings. The van der Waals surface area contributed by atoms with E-state index in [9.17, 15) is 9.18 Å². The van der Waals surface area contributed by atoms with Crippen LogP contribution >= 0.6 is 11.3 Å². The molecule has 1 N–H and O–H groups in total. The summed E-state index contributed by atoms with van der Waals surface area (Å²) in [6.45, 7) is 4.86. The Morgan fingerprint density at radius 3 is 2.89 bits per heavy atom. The summed E-state index contributed by atoms with van der Waals surface area (Å²) in [4.78, 5) is 19.5. The van der Waals surface area contributed by atoms with Crippen molar-refractivity contribution in [3.63, 3.8) is 0 Å². The van der Waals surface area contributed by atoms with Crippen LogP contribution < -0.4 is 5.32 Å². The maximum atomic E-state index is 14.5. The van der Waals surface area contributed by atoms with Gasteiger partial charge < -0.3 is 4.74 Å². The monoisotopic (exact) mass is 387 g/mol. The van der Waals surface area contributed by atoms with E-state index in [1.807, 2.05) is 25.1 Å². The van der Waals surface area contributed by atoms with Gasteiger partial charge in [-0.2, -0.15) is 0 Å². The van der Waals surface area contributed by atoms with Crippen LogP contribution in [0.25, 0.3) is 16.5 Å². The normalized spacial score (nSPS) is 24.3. The Balaban J connectivity index is 1.47. The van der Waals surface area contributed by atoms with Crippen LogP contribution in [0.1, 0.15) is 25.3 Å². The first-order valence-corrected chi connectivity index (χ1v) is 10.1. The maximum absolute atomic E-state index is 14.5. The van der Waals surface area contributed by atoms with E-state index in [-0.39, 0.29) is 11.9 Å². The summed E-state index contributed by atoms with van der Waals surface area (Å²) in [5.41, 5.74) is 2.81. The maximum Gasteiger partial charge on any atom is 0.413 e. The lowest BCUT2D eigenvalue weighted by atomic mass is 9.86. The summed E-state index contributed by atoms with van der Waals surface area (Å²) >= 11 is 1.29. The van der Waals surface area contributed by atoms with Gasteiger partial charge in [-0.05, 0) is 56.5 Å². The molecule has 3 fully saturated rings. The molecule has 3 aliphatic heterocycles. The van der Waals surface area contributed by atoms with E-state index in [4.69, 9.17) is 4.74 Å². The zero-order valence-electron chi connectivity index (χ0n) is 15.2. The van der Waals surface area contributed by atoms with E-state index < -0.39 is 6.09 Å². The molecule has 3 saturated heterocycles. The van der Waals surface area contributed by atoms with Crippen molar-refractivity contribution in [2.75, 3.05) is 25.0 Å². The van der Waals surface area contributed by atoms with E-state index >= 15 is 0 Å². The molecule has 5 nitrogen and oxygen atoms in total. The van der Waals surface area contributed by atoms with Crippen LogP contribution in [-0.2, 0) is 4.74 Å². The number of rotatable bonds is 4. The molecule has 0 spiro atoms. The van der Waals surface area contributed by atoms with Gasteiger partial charge in [-0.15, -0.1) is 11.3 Å². The van der Waals surface area contributed by atoms with E-state index in [1.165, 1.54) is 17.4 Å². The number of thiazole rings is 1. The van der Waals surface area contributed by atoms with Gasteiger partial charge in [0.2, 0.25) is 0 Å². The number of fused-ring (bicyclic) bond motifs is 3. The Morgan fingerprint density at radius 2 is 2.22 bits per heavy atom. The van der Waals surface area contributed by atoms with Crippen LogP contribution in [0.2, 0.25) is 0 Å². The number of nitrogens with one attached hydrogen (secondary N) is 1. The molecule has 7 heteroatoms. The fourth-order valence-corrected chi connectivity index (χ4v) is 4.62. The number of allylic oxidation sites excluding steroid dienone is 1. The number of hydrogen-bond donors (Lipinski definition) is 1. The van der Waals surface area contributed by atoms with Gasteiger partial charge in [-0.3, -0.25) is 10.2 Å². The van der Waals surface area contributed by atoms with Crippen LogP contribution in [0.5, 0.6) is 0 Å². The van der Waals surface area contributed by atoms with Crippen LogP contribution in [0.3, 0.4) is 0 Å². The van der Waals surface area contributed by atoms with Gasteiger partial charge in [0.1, 0.15) is 11.9 Å². The van der Waals surface area contributed by atoms with Crippen molar-refractivity contribution in [3.8, 4) is 10.4 Å². The largest absolute Gasteiger partial charge is 0.444 e. The topological polar surface area (TPSA) is 54.5 Å². The molecule has 2 bridgehead atoms. The molecule has 0 radical (unpaired) electrons. The lowest BCUT2D eigenvalue weighted by molar-refractivity contribution is -0.0290. The number of nitrogens with zero attached hydrogens (tertiary/aromatic N) is 2. The number of aromatic nitrogens is 1. The number of amides is 1. The van der Waals surface area contributed by atoms with Crippen LogP contribution in [0, 0.1) is 11.7 Å². The summed E-state index contributed by atoms with van der Waals surface area (Å²) in [5.74, 6) is 0.430. The van der Waals surface area contributed by atoms with Crippen molar-refractivity contribution in [3.05, 3.63) is 41.2 Å². The Kier molecular flexibility index (Phi) is 5.22. The van der Waals surface area contributed by atoms with Crippen molar-refractivity contribution >= 4 is 29.3 Å². The summed E-state index contributed by atoms with van der Waals surface area (Å²) in [6, 6.07) is 5.03. The van der Waals surface area contributed by atoms with Gasteiger partial charge in [0.25, 0.3) is 0 Å². The molecule has 5 rings (SSSR count). The molecule has 4 heterocycles. The first kappa shape index (κ1) is 18.1. The quantitative estimate of drug-likeness (QED) is 0.831. The molecule has 1 amide bonds. The van der Waals surface area contributed by atoms with Crippen molar-refractivity contribution in [1.29, 1.82) is 0 Å². The van der Waals surface area contributed by atoms with Gasteiger partial charge in [0.15, 0.2) is 5.82 Å². The summed E-state index contributed by atoms with van der Waals surface area (Å²) < 4.78 is 20.2. The molecular weight excluding hydrogens is 365 g/mol. The number of hydrogen-bond acceptors (Lipinski definition) is 5. The molecule has 3 aliphatic rings. The lowest BCUT2D eigenvalue weighted by Gasteiger charge is -2.43. The summed E-state index contributed by atoms with van der Waals surface area (Å²) in [7, 11) is 0. The molecule has 1 aromatic carbocycles. The minimum atomic E-state index is -0.521. The predicted octanol–water partition coefficient (Wildman–Crippen LogP) is 4.63. The second-order valence-electron chi connectivity index (χ2n) is 6.98. The highest BCUT2D eigenvalue weighted by atomic mass is 32.1. The Bertz CT molecular complexity index is 859. The smallest absolute Gasteiger partial charge is 0.413 e. The van der Waals surface area contributed by atoms with Crippen LogP contribution in [-0.4, -0.2) is 41.7 Å². The Morgan fingerprint density at radius 1 is 1.41 bits per heavy atom. The second-order valence-corrected chi connectivity index (χ2v) is 7.83. The third-order valence-corrected chi connectivity index (χ3v) is 6.10. The number of piperidine rings is 3. The third kappa shape index (κ3) is 3.89. The number of ether oxygens (including phenoxy) is 1. The highest BCUT2D eigenvalue weighted by Gasteiger charge is 2.36. The zero-order chi connectivity index (χ0) is 18.8. The molecule has 1 atom stereocenters. The lowest BCUT2D eigenvalue weighted by Crippen LogP contribution is -2.52. The molecule has 1 aromatic heterocycles. The zero-order valence-corrected chi connectivity index (χ0v) is 16.0. The molecular formula is C20H22FN3O2S. The van der Waals surface area contributed by atoms with Crippen molar-refractivity contribution in [2.45, 2.75) is 25.9 Å². The fraction of sp³-hybridized carbons (Fsp3) is 0.400. The standard InChI is InChI=1S/C20H22FN3O2S/c1-2-3-13-4-5-15(16(21)10-13)18-19(22-12-27-18)23-20(25)26-17-11-24-8-6-14(17)7-9-24/h2-5,10,12,14,17H,6-9,11H2,1H3,(H,23,25)/b3-2+/t17-/m0/s1. The highest BCUT2D eigenvalue weighted by molar-refractivity contribution is 7.13. The number of halogens is 1. The summed E-state index contributed by atoms with van der Waals surface area (Å²) in [5, 5.41) is 2.70. The van der Waals surface area contributed by atoms with E-state index in [0.29, 0.717) is 22.2 Å². The minimum absolute atomic E-state index is 0.0774. The van der Waals surface area contributed by atoms with Gasteiger partial charge in [-0.25, -0.2) is 14.2 Å². The molecule has 0 unspecified atom stereocenters. The van der Waals surface area contributed by atoms with E-state index in [2.05, 4.69) is 15.2 Å². The first-order chi connectivity index (χ1) is 13.1. The van der Waals surface area contributed by atoms with Crippen molar-refractivity contribution in [2.24, 2.45) is 5.92 Å². The summed E-state index contributed by atoms with van der Waals surface area (Å²) in [6.07, 6.45) is 5.24. The number of carbonyl (C=O) groups is 1. The number of anilines is 1. The molecule has 27 heavy (non-hydrogen) atoms. The SMILES string of the molecule is C/C=C/c1ccc(-c2scnc2NC(=O)O[C@H]2CN3CCC2CC3)c(F)c1. The second kappa shape index (κ2) is 7.78. The third-order valence-electron chi connectivity index (χ3n) is 5.24. The van der Waals surface area contributed by atoms with Gasteiger partial charge in [0, 0.05) is 12.1 Å². The molecule has 142 valence electrons. The minimum Gasteiger partial charge on any atom is -0.444 e. The van der Waals surface area contributed by atoms with E-state index in [1.54, 1.807) is 11.6 Å². The van der Waals surface area contributed by atoms with Crippen LogP contribution in [0.15, 0.2) is 29.8 Å². The van der Waals surface area contributed by atoms with Gasteiger partial charge >= 0.3 is 6.09 Å². The van der Waals surface area contributed by atoms with Crippen molar-refractivity contribution in [1.82, 2.24) is 9.88 Å². The molecule has 0 aliphatic carbocycles. The Hall–Kier alpha value is -2.25. The average Bonchev–Trinajstić information content (AvgIpc) is 3.11. The van der Waals surface area contributed by atoms with Crippen LogP contribution in [0.4, 0.5) is 15.0 Å². The van der Waals surface area contributed by atoms with E-state index in [0.717, 1.165) is 38.0 Å².